The first-order valence-electron chi connectivity index (χ1n) is 11.7. The van der Waals surface area contributed by atoms with Crippen molar-refractivity contribution in [2.45, 2.75) is 30.8 Å². The lowest BCUT2D eigenvalue weighted by molar-refractivity contribution is -0.116. The summed E-state index contributed by atoms with van der Waals surface area (Å²) in [5, 5.41) is 2.67. The largest absolute Gasteiger partial charge is 0.444 e. The number of anilines is 3. The van der Waals surface area contributed by atoms with Crippen molar-refractivity contribution in [3.8, 4) is 0 Å². The summed E-state index contributed by atoms with van der Waals surface area (Å²) in [6, 6.07) is 14.1. The summed E-state index contributed by atoms with van der Waals surface area (Å²) < 4.78 is 61.2. The van der Waals surface area contributed by atoms with Gasteiger partial charge in [0.25, 0.3) is 10.0 Å². The van der Waals surface area contributed by atoms with Gasteiger partial charge in [-0.25, -0.2) is 22.0 Å². The number of nitrogens with zero attached hydrogens (tertiary/aromatic N) is 1. The predicted octanol–water partition coefficient (Wildman–Crippen LogP) is 5.42. The van der Waals surface area contributed by atoms with Gasteiger partial charge in [0.05, 0.1) is 22.0 Å². The highest BCUT2D eigenvalue weighted by Gasteiger charge is 2.32. The van der Waals surface area contributed by atoms with Crippen molar-refractivity contribution in [3.63, 3.8) is 0 Å². The molecule has 0 aromatic heterocycles. The van der Waals surface area contributed by atoms with Crippen molar-refractivity contribution in [2.24, 2.45) is 0 Å². The van der Waals surface area contributed by atoms with E-state index in [2.05, 4.69) is 10.0 Å². The summed E-state index contributed by atoms with van der Waals surface area (Å²) in [6.45, 7) is 0.222. The molecule has 8 nitrogen and oxygen atoms in total. The third kappa shape index (κ3) is 6.40. The Morgan fingerprint density at radius 3 is 2.50 bits per heavy atom. The Morgan fingerprint density at radius 1 is 1.03 bits per heavy atom. The lowest BCUT2D eigenvalue weighted by atomic mass is 10.1. The van der Waals surface area contributed by atoms with E-state index >= 15 is 0 Å². The van der Waals surface area contributed by atoms with Gasteiger partial charge in [-0.05, 0) is 48.2 Å². The van der Waals surface area contributed by atoms with Crippen molar-refractivity contribution in [1.82, 2.24) is 0 Å². The zero-order valence-corrected chi connectivity index (χ0v) is 21.6. The second-order valence-electron chi connectivity index (χ2n) is 8.49. The Balaban J connectivity index is 1.65. The Hall–Kier alpha value is -3.70. The number of alkyl halides is 1. The number of benzene rings is 3. The molecule has 2 amide bonds. The maximum Gasteiger partial charge on any atom is 0.414 e. The first-order chi connectivity index (χ1) is 18.2. The van der Waals surface area contributed by atoms with Gasteiger partial charge in [-0.2, -0.15) is 0 Å². The summed E-state index contributed by atoms with van der Waals surface area (Å²) in [5.74, 6) is -2.12. The molecule has 0 saturated carbocycles. The third-order valence-corrected chi connectivity index (χ3v) is 7.37. The highest BCUT2D eigenvalue weighted by atomic mass is 35.5. The predicted molar refractivity (Wildman–Crippen MR) is 140 cm³/mol. The molecule has 1 aliphatic heterocycles. The Bertz CT molecular complexity index is 1450. The molecule has 0 unspecified atom stereocenters. The van der Waals surface area contributed by atoms with Crippen LogP contribution < -0.4 is 14.9 Å². The molecule has 0 atom stereocenters. The van der Waals surface area contributed by atoms with Crippen LogP contribution in [0.4, 0.5) is 30.6 Å². The SMILES string of the molecule is O=C(CCCCl)Nc1cc(S(=O)(=O)Nc2ccc(F)cc2F)cc2c1N(C(=O)OCc1ccccc1)CC2. The summed E-state index contributed by atoms with van der Waals surface area (Å²) in [5.41, 5.74) is 1.21. The van der Waals surface area contributed by atoms with Gasteiger partial charge in [0.2, 0.25) is 5.91 Å². The van der Waals surface area contributed by atoms with Crippen LogP contribution in [0.3, 0.4) is 0 Å². The molecule has 38 heavy (non-hydrogen) atoms. The highest BCUT2D eigenvalue weighted by Crippen LogP contribution is 2.39. The molecule has 2 N–H and O–H groups in total. The zero-order chi connectivity index (χ0) is 27.3. The first-order valence-corrected chi connectivity index (χ1v) is 13.7. The van der Waals surface area contributed by atoms with Crippen LogP contribution in [0.1, 0.15) is 24.0 Å². The highest BCUT2D eigenvalue weighted by molar-refractivity contribution is 7.92. The number of carbonyl (C=O) groups is 2. The normalized spacial score (nSPS) is 12.7. The number of ether oxygens (including phenoxy) is 1. The number of nitrogens with one attached hydrogen (secondary N) is 2. The first kappa shape index (κ1) is 27.3. The van der Waals surface area contributed by atoms with Gasteiger partial charge in [0.1, 0.15) is 18.2 Å². The molecule has 0 fully saturated rings. The molecule has 0 saturated heterocycles. The van der Waals surface area contributed by atoms with Gasteiger partial charge >= 0.3 is 6.09 Å². The maximum atomic E-state index is 14.1. The van der Waals surface area contributed by atoms with E-state index in [9.17, 15) is 26.8 Å². The summed E-state index contributed by atoms with van der Waals surface area (Å²) >= 11 is 5.69. The number of rotatable bonds is 9. The van der Waals surface area contributed by atoms with E-state index in [-0.39, 0.29) is 42.5 Å². The number of fused-ring (bicyclic) bond motifs is 1. The van der Waals surface area contributed by atoms with Gasteiger partial charge in [-0.1, -0.05) is 30.3 Å². The molecule has 4 rings (SSSR count). The van der Waals surface area contributed by atoms with Crippen LogP contribution in [0.5, 0.6) is 0 Å². The molecule has 3 aromatic rings. The molecule has 3 aromatic carbocycles. The fraction of sp³-hybridized carbons (Fsp3) is 0.231. The van der Waals surface area contributed by atoms with E-state index in [1.54, 1.807) is 0 Å². The van der Waals surface area contributed by atoms with Gasteiger partial charge in [0, 0.05) is 24.9 Å². The number of amides is 2. The minimum atomic E-state index is -4.35. The zero-order valence-electron chi connectivity index (χ0n) is 20.0. The van der Waals surface area contributed by atoms with Gasteiger partial charge in [-0.3, -0.25) is 14.4 Å². The van der Waals surface area contributed by atoms with Gasteiger partial charge < -0.3 is 10.1 Å². The second-order valence-corrected chi connectivity index (χ2v) is 10.6. The molecule has 12 heteroatoms. The molecule has 0 spiro atoms. The Morgan fingerprint density at radius 2 is 1.79 bits per heavy atom. The third-order valence-electron chi connectivity index (χ3n) is 5.76. The van der Waals surface area contributed by atoms with Crippen molar-refractivity contribution >= 4 is 50.7 Å². The molecular weight excluding hydrogens is 540 g/mol. The van der Waals surface area contributed by atoms with Crippen LogP contribution >= 0.6 is 11.6 Å². The van der Waals surface area contributed by atoms with E-state index in [4.69, 9.17) is 16.3 Å². The lowest BCUT2D eigenvalue weighted by Crippen LogP contribution is -2.30. The van der Waals surface area contributed by atoms with E-state index in [0.717, 1.165) is 17.7 Å². The van der Waals surface area contributed by atoms with E-state index < -0.39 is 39.3 Å². The van der Waals surface area contributed by atoms with Crippen LogP contribution in [-0.2, 0) is 32.6 Å². The second kappa shape index (κ2) is 11.8. The molecule has 200 valence electrons. The van der Waals surface area contributed by atoms with Gasteiger partial charge in [-0.15, -0.1) is 11.6 Å². The number of hydrogen-bond donors (Lipinski definition) is 2. The number of carbonyl (C=O) groups excluding carboxylic acids is 2. The van der Waals surface area contributed by atoms with E-state index in [0.29, 0.717) is 23.7 Å². The van der Waals surface area contributed by atoms with Crippen LogP contribution in [0.15, 0.2) is 65.6 Å². The molecule has 0 bridgehead atoms. The lowest BCUT2D eigenvalue weighted by Gasteiger charge is -2.21. The summed E-state index contributed by atoms with van der Waals surface area (Å²) in [4.78, 5) is 26.5. The maximum absolute atomic E-state index is 14.1. The molecule has 0 aliphatic carbocycles. The van der Waals surface area contributed by atoms with Crippen LogP contribution in [0.25, 0.3) is 0 Å². The van der Waals surface area contributed by atoms with Crippen molar-refractivity contribution in [2.75, 3.05) is 27.4 Å². The summed E-state index contributed by atoms with van der Waals surface area (Å²) in [7, 11) is -4.35. The molecule has 1 aliphatic rings. The minimum Gasteiger partial charge on any atom is -0.444 e. The van der Waals surface area contributed by atoms with E-state index in [1.165, 1.54) is 17.0 Å². The molecular formula is C26H24ClF2N3O5S. The van der Waals surface area contributed by atoms with Gasteiger partial charge in [0.15, 0.2) is 0 Å². The standard InChI is InChI=1S/C26H24ClF2N3O5S/c27-11-4-7-24(33)30-23-15-20(38(35,36)31-22-9-8-19(28)14-21(22)29)13-18-10-12-32(25(18)23)26(34)37-16-17-5-2-1-3-6-17/h1-3,5-6,8-9,13-15,31H,4,7,10-12,16H2,(H,30,33). The Kier molecular flexibility index (Phi) is 8.48. The summed E-state index contributed by atoms with van der Waals surface area (Å²) in [6.07, 6.45) is 0.0920. The van der Waals surface area contributed by atoms with Crippen molar-refractivity contribution < 1.29 is 31.5 Å². The average molecular weight is 564 g/mol. The average Bonchev–Trinajstić information content (AvgIpc) is 3.33. The van der Waals surface area contributed by atoms with E-state index in [1.807, 2.05) is 30.3 Å². The topological polar surface area (TPSA) is 105 Å². The van der Waals surface area contributed by atoms with Crippen LogP contribution in [0, 0.1) is 11.6 Å². The fourth-order valence-corrected chi connectivity index (χ4v) is 5.24. The number of halogens is 3. The monoisotopic (exact) mass is 563 g/mol. The van der Waals surface area contributed by atoms with Crippen molar-refractivity contribution in [3.05, 3.63) is 83.4 Å². The fourth-order valence-electron chi connectivity index (χ4n) is 3.96. The molecule has 0 radical (unpaired) electrons. The van der Waals surface area contributed by atoms with Crippen LogP contribution in [-0.4, -0.2) is 32.8 Å². The smallest absolute Gasteiger partial charge is 0.414 e. The quantitative estimate of drug-likeness (QED) is 0.338. The minimum absolute atomic E-state index is 0.0303. The van der Waals surface area contributed by atoms with Crippen molar-refractivity contribution in [1.29, 1.82) is 0 Å². The molecule has 1 heterocycles. The number of sulfonamides is 1. The Labute approximate surface area is 223 Å². The number of hydrogen-bond acceptors (Lipinski definition) is 5. The van der Waals surface area contributed by atoms with Crippen LogP contribution in [0.2, 0.25) is 0 Å².